The Labute approximate surface area is 101 Å². The van der Waals surface area contributed by atoms with E-state index in [1.54, 1.807) is 0 Å². The van der Waals surface area contributed by atoms with Gasteiger partial charge in [-0.1, -0.05) is 30.3 Å². The molecule has 0 bridgehead atoms. The maximum atomic E-state index is 6.12. The van der Waals surface area contributed by atoms with Crippen molar-refractivity contribution < 1.29 is 0 Å². The van der Waals surface area contributed by atoms with E-state index in [4.69, 9.17) is 5.73 Å². The molecule has 0 amide bonds. The highest BCUT2D eigenvalue weighted by Gasteiger charge is 2.29. The van der Waals surface area contributed by atoms with Crippen LogP contribution in [0.4, 0.5) is 5.82 Å². The predicted molar refractivity (Wildman–Crippen MR) is 68.9 cm³/mol. The number of aromatic nitrogens is 2. The van der Waals surface area contributed by atoms with Gasteiger partial charge in [0, 0.05) is 5.92 Å². The molecule has 0 unspecified atom stereocenters. The number of imidazole rings is 1. The summed E-state index contributed by atoms with van der Waals surface area (Å²) in [5, 5.41) is 0. The normalized spacial score (nSPS) is 15.1. The van der Waals surface area contributed by atoms with Gasteiger partial charge in [0.05, 0.1) is 12.2 Å². The average Bonchev–Trinajstić information content (AvgIpc) is 3.14. The lowest BCUT2D eigenvalue weighted by atomic mass is 10.2. The smallest absolute Gasteiger partial charge is 0.126 e. The molecular formula is C14H17N3. The summed E-state index contributed by atoms with van der Waals surface area (Å²) in [5.41, 5.74) is 8.35. The molecule has 0 atom stereocenters. The Kier molecular flexibility index (Phi) is 2.39. The number of nitrogen functional groups attached to an aromatic ring is 1. The van der Waals surface area contributed by atoms with E-state index in [0.29, 0.717) is 5.92 Å². The number of aryl methyl sites for hydroxylation is 1. The molecule has 0 aliphatic heterocycles. The summed E-state index contributed by atoms with van der Waals surface area (Å²) in [6.07, 6.45) is 2.51. The van der Waals surface area contributed by atoms with Gasteiger partial charge in [-0.05, 0) is 25.3 Å². The van der Waals surface area contributed by atoms with Gasteiger partial charge in [0.1, 0.15) is 11.6 Å². The lowest BCUT2D eigenvalue weighted by Crippen LogP contribution is -2.07. The second kappa shape index (κ2) is 3.91. The fraction of sp³-hybridized carbons (Fsp3) is 0.357. The SMILES string of the molecule is Cc1nc(C2CC2)n(Cc2ccccc2)c1N. The number of rotatable bonds is 3. The first-order chi connectivity index (χ1) is 8.25. The standard InChI is InChI=1S/C14H17N3/c1-10-13(15)17(14(16-10)12-7-8-12)9-11-5-3-2-4-6-11/h2-6,12H,7-9,15H2,1H3. The monoisotopic (exact) mass is 227 g/mol. The third-order valence-corrected chi connectivity index (χ3v) is 3.35. The topological polar surface area (TPSA) is 43.8 Å². The summed E-state index contributed by atoms with van der Waals surface area (Å²) < 4.78 is 2.17. The van der Waals surface area contributed by atoms with Crippen molar-refractivity contribution in [2.24, 2.45) is 0 Å². The summed E-state index contributed by atoms with van der Waals surface area (Å²) in [4.78, 5) is 4.61. The quantitative estimate of drug-likeness (QED) is 0.876. The molecule has 0 spiro atoms. The predicted octanol–water partition coefficient (Wildman–Crippen LogP) is 2.70. The number of hydrogen-bond acceptors (Lipinski definition) is 2. The Morgan fingerprint density at radius 2 is 2.00 bits per heavy atom. The molecule has 1 aromatic carbocycles. The van der Waals surface area contributed by atoms with Gasteiger partial charge in [-0.15, -0.1) is 0 Å². The molecule has 2 N–H and O–H groups in total. The van der Waals surface area contributed by atoms with Gasteiger partial charge in [-0.3, -0.25) is 0 Å². The molecular weight excluding hydrogens is 210 g/mol. The highest BCUT2D eigenvalue weighted by molar-refractivity contribution is 5.39. The molecule has 2 aromatic rings. The zero-order chi connectivity index (χ0) is 11.8. The Hall–Kier alpha value is -1.77. The van der Waals surface area contributed by atoms with Crippen molar-refractivity contribution in [3.05, 3.63) is 47.4 Å². The van der Waals surface area contributed by atoms with E-state index in [2.05, 4.69) is 33.8 Å². The van der Waals surface area contributed by atoms with Crippen molar-refractivity contribution in [1.82, 2.24) is 9.55 Å². The lowest BCUT2D eigenvalue weighted by molar-refractivity contribution is 0.734. The van der Waals surface area contributed by atoms with Gasteiger partial charge in [-0.25, -0.2) is 4.98 Å². The van der Waals surface area contributed by atoms with E-state index in [0.717, 1.165) is 18.1 Å². The molecule has 1 aromatic heterocycles. The number of nitrogens with two attached hydrogens (primary N) is 1. The molecule has 3 heteroatoms. The largest absolute Gasteiger partial charge is 0.384 e. The second-order valence-electron chi connectivity index (χ2n) is 4.79. The minimum Gasteiger partial charge on any atom is -0.384 e. The highest BCUT2D eigenvalue weighted by Crippen LogP contribution is 2.40. The Bertz CT molecular complexity index is 524. The number of benzene rings is 1. The number of hydrogen-bond donors (Lipinski definition) is 1. The van der Waals surface area contributed by atoms with Crippen LogP contribution in [0.25, 0.3) is 0 Å². The first-order valence-corrected chi connectivity index (χ1v) is 6.12. The van der Waals surface area contributed by atoms with E-state index in [9.17, 15) is 0 Å². The number of anilines is 1. The van der Waals surface area contributed by atoms with Crippen LogP contribution >= 0.6 is 0 Å². The number of nitrogens with zero attached hydrogens (tertiary/aromatic N) is 2. The zero-order valence-electron chi connectivity index (χ0n) is 10.1. The van der Waals surface area contributed by atoms with Crippen molar-refractivity contribution >= 4 is 5.82 Å². The fourth-order valence-electron chi connectivity index (χ4n) is 2.19. The first kappa shape index (κ1) is 10.4. The minimum absolute atomic E-state index is 0.634. The van der Waals surface area contributed by atoms with E-state index >= 15 is 0 Å². The van der Waals surface area contributed by atoms with Gasteiger partial charge >= 0.3 is 0 Å². The lowest BCUT2D eigenvalue weighted by Gasteiger charge is -2.09. The molecule has 0 saturated heterocycles. The summed E-state index contributed by atoms with van der Waals surface area (Å²) in [6, 6.07) is 10.4. The molecule has 0 radical (unpaired) electrons. The van der Waals surface area contributed by atoms with Crippen LogP contribution in [-0.4, -0.2) is 9.55 Å². The second-order valence-corrected chi connectivity index (χ2v) is 4.79. The molecule has 88 valence electrons. The van der Waals surface area contributed by atoms with Crippen LogP contribution in [0.3, 0.4) is 0 Å². The van der Waals surface area contributed by atoms with Crippen LogP contribution in [0.2, 0.25) is 0 Å². The molecule has 3 nitrogen and oxygen atoms in total. The maximum absolute atomic E-state index is 6.12. The molecule has 1 aliphatic carbocycles. The van der Waals surface area contributed by atoms with Gasteiger partial charge in [0.25, 0.3) is 0 Å². The molecule has 3 rings (SSSR count). The third kappa shape index (κ3) is 1.93. The van der Waals surface area contributed by atoms with E-state index in [1.807, 2.05) is 13.0 Å². The van der Waals surface area contributed by atoms with Crippen LogP contribution in [0, 0.1) is 6.92 Å². The van der Waals surface area contributed by atoms with Crippen molar-refractivity contribution in [3.8, 4) is 0 Å². The Balaban J connectivity index is 1.96. The summed E-state index contributed by atoms with van der Waals surface area (Å²) in [5.74, 6) is 2.62. The molecule has 1 fully saturated rings. The van der Waals surface area contributed by atoms with Gasteiger partial charge in [0.2, 0.25) is 0 Å². The van der Waals surface area contributed by atoms with Crippen LogP contribution < -0.4 is 5.73 Å². The van der Waals surface area contributed by atoms with Crippen molar-refractivity contribution in [2.75, 3.05) is 5.73 Å². The van der Waals surface area contributed by atoms with Crippen molar-refractivity contribution in [3.63, 3.8) is 0 Å². The minimum atomic E-state index is 0.634. The van der Waals surface area contributed by atoms with Crippen LogP contribution in [-0.2, 0) is 6.54 Å². The molecule has 1 heterocycles. The summed E-state index contributed by atoms with van der Waals surface area (Å²) in [6.45, 7) is 2.82. The van der Waals surface area contributed by atoms with Crippen molar-refractivity contribution in [1.29, 1.82) is 0 Å². The zero-order valence-corrected chi connectivity index (χ0v) is 10.1. The van der Waals surface area contributed by atoms with Gasteiger partial charge in [-0.2, -0.15) is 0 Å². The average molecular weight is 227 g/mol. The summed E-state index contributed by atoms with van der Waals surface area (Å²) >= 11 is 0. The highest BCUT2D eigenvalue weighted by atomic mass is 15.1. The van der Waals surface area contributed by atoms with Crippen LogP contribution in [0.15, 0.2) is 30.3 Å². The molecule has 1 saturated carbocycles. The van der Waals surface area contributed by atoms with Gasteiger partial charge in [0.15, 0.2) is 0 Å². The fourth-order valence-corrected chi connectivity index (χ4v) is 2.19. The van der Waals surface area contributed by atoms with Crippen LogP contribution in [0.1, 0.15) is 35.8 Å². The summed E-state index contributed by atoms with van der Waals surface area (Å²) in [7, 11) is 0. The maximum Gasteiger partial charge on any atom is 0.126 e. The van der Waals surface area contributed by atoms with Gasteiger partial charge < -0.3 is 10.3 Å². The Morgan fingerprint density at radius 1 is 1.29 bits per heavy atom. The van der Waals surface area contributed by atoms with Crippen LogP contribution in [0.5, 0.6) is 0 Å². The Morgan fingerprint density at radius 3 is 2.65 bits per heavy atom. The van der Waals surface area contributed by atoms with E-state index in [-0.39, 0.29) is 0 Å². The first-order valence-electron chi connectivity index (χ1n) is 6.12. The van der Waals surface area contributed by atoms with Crippen molar-refractivity contribution in [2.45, 2.75) is 32.2 Å². The molecule has 1 aliphatic rings. The van der Waals surface area contributed by atoms with E-state index in [1.165, 1.54) is 24.2 Å². The van der Waals surface area contributed by atoms with E-state index < -0.39 is 0 Å². The molecule has 17 heavy (non-hydrogen) atoms. The third-order valence-electron chi connectivity index (χ3n) is 3.35.